The van der Waals surface area contributed by atoms with Crippen LogP contribution >= 0.6 is 11.6 Å². The van der Waals surface area contributed by atoms with E-state index >= 15 is 0 Å². The van der Waals surface area contributed by atoms with Crippen molar-refractivity contribution >= 4 is 33.3 Å². The van der Waals surface area contributed by atoms with Crippen molar-refractivity contribution in [3.05, 3.63) is 41.0 Å². The molecule has 1 heterocycles. The Hall–Kier alpha value is -2.06. The van der Waals surface area contributed by atoms with Gasteiger partial charge in [-0.1, -0.05) is 30.7 Å². The van der Waals surface area contributed by atoms with Gasteiger partial charge in [0, 0.05) is 12.7 Å². The van der Waals surface area contributed by atoms with Crippen LogP contribution in [-0.2, 0) is 28.3 Å². The molecule has 1 atom stereocenters. The molecule has 1 aromatic heterocycles. The van der Waals surface area contributed by atoms with E-state index < -0.39 is 21.9 Å². The molecular weight excluding hydrogens is 354 g/mol. The molecule has 0 aliphatic carbocycles. The number of hydrogen-bond acceptors (Lipinski definition) is 4. The quantitative estimate of drug-likeness (QED) is 0.778. The topological polar surface area (TPSA) is 101 Å². The fourth-order valence-electron chi connectivity index (χ4n) is 2.30. The van der Waals surface area contributed by atoms with E-state index in [-0.39, 0.29) is 10.0 Å². The van der Waals surface area contributed by atoms with Gasteiger partial charge in [0.05, 0.1) is 17.1 Å². The predicted octanol–water partition coefficient (Wildman–Crippen LogP) is 2.53. The van der Waals surface area contributed by atoms with Crippen molar-refractivity contribution in [3.63, 3.8) is 0 Å². The Bertz CT molecular complexity index is 811. The Balaban J connectivity index is 2.16. The van der Waals surface area contributed by atoms with E-state index in [1.54, 1.807) is 24.3 Å². The van der Waals surface area contributed by atoms with Crippen LogP contribution in [0.2, 0.25) is 5.02 Å². The number of aryl methyl sites for hydroxylation is 1. The molecule has 2 N–H and O–H groups in total. The Kier molecular flexibility index (Phi) is 5.51. The van der Waals surface area contributed by atoms with Gasteiger partial charge < -0.3 is 5.11 Å². The summed E-state index contributed by atoms with van der Waals surface area (Å²) >= 11 is 5.87. The van der Waals surface area contributed by atoms with Crippen molar-refractivity contribution in [2.24, 2.45) is 13.0 Å². The minimum absolute atomic E-state index is 0.0360. The summed E-state index contributed by atoms with van der Waals surface area (Å²) in [5.41, 5.74) is 1.19. The molecular formula is C15H18ClN3O4S. The normalized spacial score (nSPS) is 12.8. The second kappa shape index (κ2) is 7.23. The Labute approximate surface area is 145 Å². The van der Waals surface area contributed by atoms with Gasteiger partial charge in [0.15, 0.2) is 5.03 Å². The highest BCUT2D eigenvalue weighted by Crippen LogP contribution is 2.23. The number of carboxylic acids is 1. The molecule has 0 aliphatic heterocycles. The average Bonchev–Trinajstić information content (AvgIpc) is 2.85. The highest BCUT2D eigenvalue weighted by molar-refractivity contribution is 7.92. The lowest BCUT2D eigenvalue weighted by Crippen LogP contribution is -2.17. The number of benzene rings is 1. The SMILES string of the molecule is CCC(Cc1ccc(NS(=O)(=O)c2c(Cl)cnn2C)cc1)C(=O)O. The van der Waals surface area contributed by atoms with E-state index in [2.05, 4.69) is 9.82 Å². The van der Waals surface area contributed by atoms with Gasteiger partial charge >= 0.3 is 5.97 Å². The van der Waals surface area contributed by atoms with Crippen molar-refractivity contribution in [2.45, 2.75) is 24.8 Å². The lowest BCUT2D eigenvalue weighted by atomic mass is 9.97. The Morgan fingerprint density at radius 3 is 2.46 bits per heavy atom. The highest BCUT2D eigenvalue weighted by atomic mass is 35.5. The summed E-state index contributed by atoms with van der Waals surface area (Å²) in [6.07, 6.45) is 2.19. The molecule has 130 valence electrons. The smallest absolute Gasteiger partial charge is 0.306 e. The molecule has 0 amide bonds. The summed E-state index contributed by atoms with van der Waals surface area (Å²) in [4.78, 5) is 11.1. The van der Waals surface area contributed by atoms with Crippen molar-refractivity contribution < 1.29 is 18.3 Å². The summed E-state index contributed by atoms with van der Waals surface area (Å²) in [5.74, 6) is -1.30. The van der Waals surface area contributed by atoms with Gasteiger partial charge in [-0.25, -0.2) is 0 Å². The predicted molar refractivity (Wildman–Crippen MR) is 90.6 cm³/mol. The summed E-state index contributed by atoms with van der Waals surface area (Å²) in [5, 5.41) is 12.8. The lowest BCUT2D eigenvalue weighted by molar-refractivity contribution is -0.141. The number of hydrogen-bond donors (Lipinski definition) is 2. The zero-order valence-corrected chi connectivity index (χ0v) is 14.8. The monoisotopic (exact) mass is 371 g/mol. The number of aromatic nitrogens is 2. The molecule has 2 aromatic rings. The van der Waals surface area contributed by atoms with E-state index in [0.717, 1.165) is 5.56 Å². The molecule has 0 bridgehead atoms. The molecule has 0 radical (unpaired) electrons. The first-order valence-electron chi connectivity index (χ1n) is 7.26. The maximum atomic E-state index is 12.4. The van der Waals surface area contributed by atoms with Gasteiger partial charge in [-0.15, -0.1) is 0 Å². The minimum atomic E-state index is -3.86. The standard InChI is InChI=1S/C15H18ClN3O4S/c1-3-11(15(20)21)8-10-4-6-12(7-5-10)18-24(22,23)14-13(16)9-17-19(14)2/h4-7,9,11,18H,3,8H2,1-2H3,(H,20,21). The second-order valence-electron chi connectivity index (χ2n) is 5.37. The maximum absolute atomic E-state index is 12.4. The Morgan fingerprint density at radius 2 is 2.00 bits per heavy atom. The fourth-order valence-corrected chi connectivity index (χ4v) is 4.02. The van der Waals surface area contributed by atoms with Crippen LogP contribution in [0.1, 0.15) is 18.9 Å². The molecule has 1 unspecified atom stereocenters. The van der Waals surface area contributed by atoms with Crippen molar-refractivity contribution in [2.75, 3.05) is 4.72 Å². The number of aliphatic carboxylic acids is 1. The number of carbonyl (C=O) groups is 1. The van der Waals surface area contributed by atoms with Crippen molar-refractivity contribution in [1.29, 1.82) is 0 Å². The zero-order valence-electron chi connectivity index (χ0n) is 13.2. The van der Waals surface area contributed by atoms with Crippen LogP contribution in [0.5, 0.6) is 0 Å². The van der Waals surface area contributed by atoms with Gasteiger partial charge in [-0.05, 0) is 30.5 Å². The van der Waals surface area contributed by atoms with Crippen LogP contribution < -0.4 is 4.72 Å². The molecule has 0 saturated heterocycles. The first-order valence-corrected chi connectivity index (χ1v) is 9.12. The maximum Gasteiger partial charge on any atom is 0.306 e. The fraction of sp³-hybridized carbons (Fsp3) is 0.333. The average molecular weight is 372 g/mol. The third-order valence-electron chi connectivity index (χ3n) is 3.63. The zero-order chi connectivity index (χ0) is 17.9. The van der Waals surface area contributed by atoms with Gasteiger partial charge in [0.2, 0.25) is 0 Å². The molecule has 7 nitrogen and oxygen atoms in total. The largest absolute Gasteiger partial charge is 0.481 e. The third-order valence-corrected chi connectivity index (χ3v) is 5.51. The van der Waals surface area contributed by atoms with Crippen LogP contribution in [0.3, 0.4) is 0 Å². The number of rotatable bonds is 7. The Morgan fingerprint density at radius 1 is 1.38 bits per heavy atom. The van der Waals surface area contributed by atoms with Gasteiger partial charge in [-0.2, -0.15) is 13.5 Å². The second-order valence-corrected chi connectivity index (χ2v) is 7.38. The van der Waals surface area contributed by atoms with E-state index in [0.29, 0.717) is 18.5 Å². The lowest BCUT2D eigenvalue weighted by Gasteiger charge is -2.11. The molecule has 0 saturated carbocycles. The molecule has 24 heavy (non-hydrogen) atoms. The van der Waals surface area contributed by atoms with E-state index in [4.69, 9.17) is 16.7 Å². The van der Waals surface area contributed by atoms with Gasteiger partial charge in [0.25, 0.3) is 10.0 Å². The van der Waals surface area contributed by atoms with E-state index in [9.17, 15) is 13.2 Å². The third kappa shape index (κ3) is 4.07. The first kappa shape index (κ1) is 18.3. The van der Waals surface area contributed by atoms with Crippen LogP contribution in [0.25, 0.3) is 0 Å². The van der Waals surface area contributed by atoms with Crippen molar-refractivity contribution in [1.82, 2.24) is 9.78 Å². The molecule has 0 spiro atoms. The summed E-state index contributed by atoms with van der Waals surface area (Å²) in [6, 6.07) is 6.58. The van der Waals surface area contributed by atoms with Crippen molar-refractivity contribution in [3.8, 4) is 0 Å². The summed E-state index contributed by atoms with van der Waals surface area (Å²) < 4.78 is 28.3. The molecule has 9 heteroatoms. The number of anilines is 1. The summed E-state index contributed by atoms with van der Waals surface area (Å²) in [6.45, 7) is 1.82. The van der Waals surface area contributed by atoms with Gasteiger partial charge in [-0.3, -0.25) is 14.2 Å². The van der Waals surface area contributed by atoms with E-state index in [1.807, 2.05) is 6.92 Å². The first-order chi connectivity index (χ1) is 11.2. The minimum Gasteiger partial charge on any atom is -0.481 e. The number of halogens is 1. The number of nitrogens with one attached hydrogen (secondary N) is 1. The highest BCUT2D eigenvalue weighted by Gasteiger charge is 2.23. The number of sulfonamides is 1. The van der Waals surface area contributed by atoms with Gasteiger partial charge in [0.1, 0.15) is 0 Å². The molecule has 0 aliphatic rings. The van der Waals surface area contributed by atoms with E-state index in [1.165, 1.54) is 17.9 Å². The molecule has 1 aromatic carbocycles. The van der Waals surface area contributed by atoms with Crippen LogP contribution in [-0.4, -0.2) is 29.3 Å². The molecule has 0 fully saturated rings. The molecule has 2 rings (SSSR count). The summed E-state index contributed by atoms with van der Waals surface area (Å²) in [7, 11) is -2.37. The number of carboxylic acid groups (broad SMARTS) is 1. The number of nitrogens with zero attached hydrogens (tertiary/aromatic N) is 2. The van der Waals surface area contributed by atoms with Crippen LogP contribution in [0.4, 0.5) is 5.69 Å². The van der Waals surface area contributed by atoms with Crippen LogP contribution in [0, 0.1) is 5.92 Å². The van der Waals surface area contributed by atoms with Crippen LogP contribution in [0.15, 0.2) is 35.5 Å².